The summed E-state index contributed by atoms with van der Waals surface area (Å²) < 4.78 is 1.78. The highest BCUT2D eigenvalue weighted by atomic mass is 16.1. The number of nitrogens with one attached hydrogen (secondary N) is 1. The highest BCUT2D eigenvalue weighted by Gasteiger charge is 2.14. The molecule has 5 nitrogen and oxygen atoms in total. The lowest BCUT2D eigenvalue weighted by Gasteiger charge is -2.27. The maximum absolute atomic E-state index is 12.6. The van der Waals surface area contributed by atoms with Gasteiger partial charge in [0.25, 0.3) is 5.91 Å². The molecule has 0 atom stereocenters. The summed E-state index contributed by atoms with van der Waals surface area (Å²) in [5, 5.41) is 7.39. The third-order valence-corrected chi connectivity index (χ3v) is 4.54. The summed E-state index contributed by atoms with van der Waals surface area (Å²) in [6.07, 6.45) is 0. The first-order valence-electron chi connectivity index (χ1n) is 9.29. The van der Waals surface area contributed by atoms with Gasteiger partial charge in [0.2, 0.25) is 0 Å². The first kappa shape index (κ1) is 18.7. The normalized spacial score (nSPS) is 10.9. The number of aryl methyl sites for hydroxylation is 1. The standard InChI is InChI=1S/C22H26N4O/c1-5-25(16(2)3)19-13-11-18(12-14-19)23-22(27)21-15-17(4)26(24-21)20-9-7-6-8-10-20/h6-16H,5H2,1-4H3,(H,23,27). The summed E-state index contributed by atoms with van der Waals surface area (Å²) in [7, 11) is 0. The maximum Gasteiger partial charge on any atom is 0.276 e. The van der Waals surface area contributed by atoms with Crippen molar-refractivity contribution in [3.8, 4) is 5.69 Å². The van der Waals surface area contributed by atoms with Crippen molar-refractivity contribution in [2.45, 2.75) is 33.7 Å². The number of aromatic nitrogens is 2. The second-order valence-corrected chi connectivity index (χ2v) is 6.80. The van der Waals surface area contributed by atoms with Crippen LogP contribution >= 0.6 is 0 Å². The first-order chi connectivity index (χ1) is 13.0. The van der Waals surface area contributed by atoms with E-state index in [9.17, 15) is 4.79 Å². The average Bonchev–Trinajstić information content (AvgIpc) is 3.06. The van der Waals surface area contributed by atoms with Gasteiger partial charge in [-0.25, -0.2) is 4.68 Å². The predicted molar refractivity (Wildman–Crippen MR) is 111 cm³/mol. The van der Waals surface area contributed by atoms with Gasteiger partial charge in [-0.1, -0.05) is 18.2 Å². The van der Waals surface area contributed by atoms with Gasteiger partial charge in [0, 0.05) is 29.7 Å². The van der Waals surface area contributed by atoms with E-state index in [4.69, 9.17) is 0 Å². The highest BCUT2D eigenvalue weighted by Crippen LogP contribution is 2.20. The number of carbonyl (C=O) groups excluding carboxylic acids is 1. The van der Waals surface area contributed by atoms with E-state index in [1.165, 1.54) is 0 Å². The molecule has 1 aromatic heterocycles. The number of hydrogen-bond acceptors (Lipinski definition) is 3. The molecule has 0 saturated carbocycles. The number of benzene rings is 2. The lowest BCUT2D eigenvalue weighted by molar-refractivity contribution is 0.102. The Labute approximate surface area is 160 Å². The van der Waals surface area contributed by atoms with Gasteiger partial charge in [0.15, 0.2) is 5.69 Å². The minimum Gasteiger partial charge on any atom is -0.369 e. The van der Waals surface area contributed by atoms with Gasteiger partial charge in [-0.05, 0) is 70.2 Å². The zero-order valence-electron chi connectivity index (χ0n) is 16.3. The van der Waals surface area contributed by atoms with Crippen molar-refractivity contribution < 1.29 is 4.79 Å². The fourth-order valence-corrected chi connectivity index (χ4v) is 3.19. The van der Waals surface area contributed by atoms with E-state index < -0.39 is 0 Å². The number of nitrogens with zero attached hydrogens (tertiary/aromatic N) is 3. The molecule has 0 bridgehead atoms. The second-order valence-electron chi connectivity index (χ2n) is 6.80. The van der Waals surface area contributed by atoms with Crippen LogP contribution in [0.1, 0.15) is 37.0 Å². The summed E-state index contributed by atoms with van der Waals surface area (Å²) >= 11 is 0. The van der Waals surface area contributed by atoms with Gasteiger partial charge in [0.1, 0.15) is 0 Å². The summed E-state index contributed by atoms with van der Waals surface area (Å²) in [5.41, 5.74) is 4.16. The molecule has 0 aliphatic heterocycles. The van der Waals surface area contributed by atoms with Crippen LogP contribution in [0.2, 0.25) is 0 Å². The van der Waals surface area contributed by atoms with E-state index in [-0.39, 0.29) is 5.91 Å². The van der Waals surface area contributed by atoms with Crippen LogP contribution in [0.5, 0.6) is 0 Å². The Balaban J connectivity index is 1.74. The molecular weight excluding hydrogens is 336 g/mol. The van der Waals surface area contributed by atoms with Gasteiger partial charge < -0.3 is 10.2 Å². The van der Waals surface area contributed by atoms with Crippen molar-refractivity contribution in [3.05, 3.63) is 72.1 Å². The number of rotatable bonds is 6. The minimum absolute atomic E-state index is 0.211. The monoisotopic (exact) mass is 362 g/mol. The van der Waals surface area contributed by atoms with Crippen molar-refractivity contribution in [1.82, 2.24) is 9.78 Å². The van der Waals surface area contributed by atoms with Crippen molar-refractivity contribution in [1.29, 1.82) is 0 Å². The molecule has 140 valence electrons. The molecule has 0 saturated heterocycles. The van der Waals surface area contributed by atoms with Crippen molar-refractivity contribution in [2.75, 3.05) is 16.8 Å². The Morgan fingerprint density at radius 2 is 1.78 bits per heavy atom. The first-order valence-corrected chi connectivity index (χ1v) is 9.29. The third-order valence-electron chi connectivity index (χ3n) is 4.54. The zero-order valence-corrected chi connectivity index (χ0v) is 16.3. The Morgan fingerprint density at radius 1 is 1.11 bits per heavy atom. The van der Waals surface area contributed by atoms with Crippen LogP contribution in [-0.4, -0.2) is 28.3 Å². The molecule has 1 amide bonds. The summed E-state index contributed by atoms with van der Waals surface area (Å²) in [6.45, 7) is 9.37. The molecule has 27 heavy (non-hydrogen) atoms. The van der Waals surface area contributed by atoms with Crippen LogP contribution < -0.4 is 10.2 Å². The number of amides is 1. The lowest BCUT2D eigenvalue weighted by atomic mass is 10.2. The molecule has 0 unspecified atom stereocenters. The summed E-state index contributed by atoms with van der Waals surface area (Å²) in [4.78, 5) is 14.9. The SMILES string of the molecule is CCN(c1ccc(NC(=O)c2cc(C)n(-c3ccccc3)n2)cc1)C(C)C. The average molecular weight is 362 g/mol. The van der Waals surface area contributed by atoms with E-state index in [0.29, 0.717) is 11.7 Å². The maximum atomic E-state index is 12.6. The van der Waals surface area contributed by atoms with Gasteiger partial charge in [-0.15, -0.1) is 0 Å². The molecule has 3 aromatic rings. The summed E-state index contributed by atoms with van der Waals surface area (Å²) in [6, 6.07) is 20.0. The van der Waals surface area contributed by atoms with Gasteiger partial charge in [0.05, 0.1) is 5.69 Å². The second kappa shape index (κ2) is 8.08. The topological polar surface area (TPSA) is 50.2 Å². The lowest BCUT2D eigenvalue weighted by Crippen LogP contribution is -2.30. The molecule has 0 radical (unpaired) electrons. The van der Waals surface area contributed by atoms with Crippen LogP contribution in [0.25, 0.3) is 5.69 Å². The van der Waals surface area contributed by atoms with E-state index >= 15 is 0 Å². The summed E-state index contributed by atoms with van der Waals surface area (Å²) in [5.74, 6) is -0.211. The molecule has 5 heteroatoms. The van der Waals surface area contributed by atoms with Crippen molar-refractivity contribution in [2.24, 2.45) is 0 Å². The van der Waals surface area contributed by atoms with Crippen LogP contribution in [0.15, 0.2) is 60.7 Å². The Morgan fingerprint density at radius 3 is 2.37 bits per heavy atom. The Kier molecular flexibility index (Phi) is 5.60. The molecular formula is C22H26N4O. The Bertz CT molecular complexity index is 898. The zero-order chi connectivity index (χ0) is 19.4. The van der Waals surface area contributed by atoms with Gasteiger partial charge >= 0.3 is 0 Å². The number of hydrogen-bond donors (Lipinski definition) is 1. The fraction of sp³-hybridized carbons (Fsp3) is 0.273. The van der Waals surface area contributed by atoms with E-state index in [1.807, 2.05) is 61.5 Å². The third kappa shape index (κ3) is 4.19. The predicted octanol–water partition coefficient (Wildman–Crippen LogP) is 4.67. The van der Waals surface area contributed by atoms with Crippen molar-refractivity contribution >= 4 is 17.3 Å². The number of carbonyl (C=O) groups is 1. The van der Waals surface area contributed by atoms with Crippen LogP contribution in [0.3, 0.4) is 0 Å². The molecule has 0 fully saturated rings. The smallest absolute Gasteiger partial charge is 0.276 e. The number of anilines is 2. The van der Waals surface area contributed by atoms with Crippen LogP contribution in [0, 0.1) is 6.92 Å². The fourth-order valence-electron chi connectivity index (χ4n) is 3.19. The van der Waals surface area contributed by atoms with E-state index in [1.54, 1.807) is 10.7 Å². The molecule has 0 spiro atoms. The largest absolute Gasteiger partial charge is 0.369 e. The van der Waals surface area contributed by atoms with Gasteiger partial charge in [-0.2, -0.15) is 5.10 Å². The quantitative estimate of drug-likeness (QED) is 0.693. The van der Waals surface area contributed by atoms with Crippen LogP contribution in [-0.2, 0) is 0 Å². The minimum atomic E-state index is -0.211. The highest BCUT2D eigenvalue weighted by molar-refractivity contribution is 6.03. The molecule has 1 heterocycles. The van der Waals surface area contributed by atoms with Crippen LogP contribution in [0.4, 0.5) is 11.4 Å². The molecule has 2 aromatic carbocycles. The molecule has 0 aliphatic carbocycles. The van der Waals surface area contributed by atoms with E-state index in [2.05, 4.69) is 36.1 Å². The molecule has 1 N–H and O–H groups in total. The van der Waals surface area contributed by atoms with Crippen molar-refractivity contribution in [3.63, 3.8) is 0 Å². The molecule has 3 rings (SSSR count). The number of para-hydroxylation sites is 1. The van der Waals surface area contributed by atoms with Gasteiger partial charge in [-0.3, -0.25) is 4.79 Å². The Hall–Kier alpha value is -3.08. The molecule has 0 aliphatic rings. The van der Waals surface area contributed by atoms with E-state index in [0.717, 1.165) is 29.3 Å².